The molecule has 3 aromatic carbocycles. The minimum absolute atomic E-state index is 0.0998. The first-order valence-electron chi connectivity index (χ1n) is 11.6. The topological polar surface area (TPSA) is 75.0 Å². The minimum Gasteiger partial charge on any atom is -0.490 e. The highest BCUT2D eigenvalue weighted by atomic mass is 32.2. The molecule has 0 aromatic heterocycles. The van der Waals surface area contributed by atoms with Crippen molar-refractivity contribution in [3.8, 4) is 11.5 Å². The summed E-state index contributed by atoms with van der Waals surface area (Å²) in [6, 6.07) is 23.5. The molecule has 0 saturated heterocycles. The maximum atomic E-state index is 12.8. The second kappa shape index (κ2) is 10.3. The van der Waals surface area contributed by atoms with E-state index in [9.17, 15) is 4.79 Å². The van der Waals surface area contributed by atoms with Crippen LogP contribution in [0.1, 0.15) is 29.2 Å². The number of nitrogens with one attached hydrogen (secondary N) is 1. The van der Waals surface area contributed by atoms with Gasteiger partial charge in [0.05, 0.1) is 17.9 Å². The zero-order chi connectivity index (χ0) is 25.1. The van der Waals surface area contributed by atoms with Gasteiger partial charge in [-0.1, -0.05) is 78.0 Å². The molecule has 0 spiro atoms. The average molecular weight is 496 g/mol. The number of aryl methyl sites for hydroxylation is 1. The first-order chi connectivity index (χ1) is 17.5. The molecule has 6 nitrogen and oxygen atoms in total. The molecule has 0 aliphatic carbocycles. The van der Waals surface area contributed by atoms with E-state index in [2.05, 4.69) is 11.1 Å². The zero-order valence-electron chi connectivity index (χ0n) is 20.0. The molecule has 5 rings (SSSR count). The van der Waals surface area contributed by atoms with Crippen LogP contribution in [0.3, 0.4) is 0 Å². The number of thioether (sulfide) groups is 1. The molecule has 0 fully saturated rings. The molecule has 3 aromatic rings. The van der Waals surface area contributed by atoms with Crippen molar-refractivity contribution in [3.05, 3.63) is 106 Å². The standard InChI is InChI=1S/C29H25N3O3S/c1-3-34-26-16-20(12-13-25(26)35-17-21-9-7-8-19(2)14-21)15-23-27(30)32-24(22-10-5-4-6-11-22)18-36-29(32)31-28(23)33/h4-16,18,30H,3,17H2,1-2H3/b23-15+,30-27?. The summed E-state index contributed by atoms with van der Waals surface area (Å²) < 4.78 is 11.9. The van der Waals surface area contributed by atoms with Crippen LogP contribution in [0.15, 0.2) is 88.8 Å². The predicted molar refractivity (Wildman–Crippen MR) is 145 cm³/mol. The molecule has 0 unspecified atom stereocenters. The Kier molecular flexibility index (Phi) is 6.73. The van der Waals surface area contributed by atoms with Gasteiger partial charge in [0.1, 0.15) is 12.4 Å². The average Bonchev–Trinajstić information content (AvgIpc) is 3.31. The quantitative estimate of drug-likeness (QED) is 0.391. The fraction of sp³-hybridized carbons (Fsp3) is 0.138. The van der Waals surface area contributed by atoms with Gasteiger partial charge >= 0.3 is 0 Å². The number of aliphatic imine (C=N–C) groups is 1. The highest BCUT2D eigenvalue weighted by Crippen LogP contribution is 2.38. The molecular weight excluding hydrogens is 470 g/mol. The summed E-state index contributed by atoms with van der Waals surface area (Å²) in [7, 11) is 0. The van der Waals surface area contributed by atoms with E-state index in [4.69, 9.17) is 14.9 Å². The summed E-state index contributed by atoms with van der Waals surface area (Å²) in [6.45, 7) is 4.85. The monoisotopic (exact) mass is 495 g/mol. The summed E-state index contributed by atoms with van der Waals surface area (Å²) in [6.07, 6.45) is 1.68. The lowest BCUT2D eigenvalue weighted by Crippen LogP contribution is -2.38. The first-order valence-corrected chi connectivity index (χ1v) is 12.5. The summed E-state index contributed by atoms with van der Waals surface area (Å²) >= 11 is 1.35. The van der Waals surface area contributed by atoms with Gasteiger partial charge in [-0.3, -0.25) is 15.1 Å². The third kappa shape index (κ3) is 4.83. The number of rotatable bonds is 7. The van der Waals surface area contributed by atoms with Gasteiger partial charge < -0.3 is 9.47 Å². The van der Waals surface area contributed by atoms with Crippen molar-refractivity contribution < 1.29 is 14.3 Å². The number of fused-ring (bicyclic) bond motifs is 1. The number of benzene rings is 3. The molecule has 0 saturated carbocycles. The molecule has 2 heterocycles. The van der Waals surface area contributed by atoms with Crippen molar-refractivity contribution >= 4 is 40.4 Å². The first kappa shape index (κ1) is 23.6. The van der Waals surface area contributed by atoms with Gasteiger partial charge in [0.15, 0.2) is 16.7 Å². The van der Waals surface area contributed by atoms with Crippen LogP contribution in [-0.2, 0) is 11.4 Å². The van der Waals surface area contributed by atoms with Crippen molar-refractivity contribution in [3.63, 3.8) is 0 Å². The lowest BCUT2D eigenvalue weighted by Gasteiger charge is -2.27. The van der Waals surface area contributed by atoms with Gasteiger partial charge in [-0.05, 0) is 48.7 Å². The van der Waals surface area contributed by atoms with E-state index in [0.29, 0.717) is 29.9 Å². The van der Waals surface area contributed by atoms with Crippen LogP contribution < -0.4 is 9.47 Å². The van der Waals surface area contributed by atoms with Crippen molar-refractivity contribution in [1.82, 2.24) is 4.90 Å². The number of amides is 1. The van der Waals surface area contributed by atoms with Crippen molar-refractivity contribution in [1.29, 1.82) is 5.41 Å². The van der Waals surface area contributed by atoms with Crippen molar-refractivity contribution in [2.24, 2.45) is 4.99 Å². The van der Waals surface area contributed by atoms with Gasteiger partial charge in [0.25, 0.3) is 5.91 Å². The zero-order valence-corrected chi connectivity index (χ0v) is 20.8. The number of carbonyl (C=O) groups is 1. The number of ether oxygens (including phenoxy) is 2. The SMILES string of the molecule is CCOc1cc(/C=C2\C(=N)N3C(c4ccccc4)=CSC3=NC2=O)ccc1OCc1cccc(C)c1. The van der Waals surface area contributed by atoms with Gasteiger partial charge in [-0.15, -0.1) is 0 Å². The Balaban J connectivity index is 1.41. The number of hydrogen-bond acceptors (Lipinski definition) is 5. The van der Waals surface area contributed by atoms with Gasteiger partial charge in [-0.2, -0.15) is 4.99 Å². The van der Waals surface area contributed by atoms with Gasteiger partial charge in [0, 0.05) is 5.41 Å². The van der Waals surface area contributed by atoms with E-state index in [-0.39, 0.29) is 11.4 Å². The molecule has 0 radical (unpaired) electrons. The van der Waals surface area contributed by atoms with Crippen LogP contribution in [0.5, 0.6) is 11.5 Å². The summed E-state index contributed by atoms with van der Waals surface area (Å²) in [5, 5.41) is 11.3. The van der Waals surface area contributed by atoms with E-state index >= 15 is 0 Å². The van der Waals surface area contributed by atoms with E-state index in [1.165, 1.54) is 17.3 Å². The molecule has 36 heavy (non-hydrogen) atoms. The number of hydrogen-bond donors (Lipinski definition) is 1. The van der Waals surface area contributed by atoms with Crippen LogP contribution >= 0.6 is 11.8 Å². The summed E-state index contributed by atoms with van der Waals surface area (Å²) in [5.41, 5.74) is 4.99. The molecule has 1 amide bonds. The predicted octanol–water partition coefficient (Wildman–Crippen LogP) is 6.28. The van der Waals surface area contributed by atoms with Gasteiger partial charge in [0.2, 0.25) is 0 Å². The minimum atomic E-state index is -0.431. The van der Waals surface area contributed by atoms with E-state index in [1.54, 1.807) is 11.0 Å². The van der Waals surface area contributed by atoms with Crippen LogP contribution in [0.4, 0.5) is 0 Å². The number of amidine groups is 2. The highest BCUT2D eigenvalue weighted by Gasteiger charge is 2.36. The number of carbonyl (C=O) groups excluding carboxylic acids is 1. The molecule has 180 valence electrons. The molecule has 1 N–H and O–H groups in total. The largest absolute Gasteiger partial charge is 0.490 e. The van der Waals surface area contributed by atoms with E-state index in [1.807, 2.05) is 86.0 Å². The van der Waals surface area contributed by atoms with E-state index in [0.717, 1.165) is 22.4 Å². The molecule has 0 bridgehead atoms. The second-order valence-electron chi connectivity index (χ2n) is 8.35. The lowest BCUT2D eigenvalue weighted by molar-refractivity contribution is -0.114. The maximum absolute atomic E-state index is 12.8. The highest BCUT2D eigenvalue weighted by molar-refractivity contribution is 8.17. The molecule has 7 heteroatoms. The summed E-state index contributed by atoms with van der Waals surface area (Å²) in [5.74, 6) is 0.873. The van der Waals surface area contributed by atoms with Crippen molar-refractivity contribution in [2.45, 2.75) is 20.5 Å². The van der Waals surface area contributed by atoms with Crippen LogP contribution in [-0.4, -0.2) is 28.4 Å². The Bertz CT molecular complexity index is 1430. The summed E-state index contributed by atoms with van der Waals surface area (Å²) in [4.78, 5) is 18.8. The maximum Gasteiger partial charge on any atom is 0.283 e. The van der Waals surface area contributed by atoms with Gasteiger partial charge in [-0.25, -0.2) is 0 Å². The van der Waals surface area contributed by atoms with Crippen LogP contribution in [0, 0.1) is 12.3 Å². The Labute approximate surface area is 214 Å². The van der Waals surface area contributed by atoms with E-state index < -0.39 is 5.91 Å². The van der Waals surface area contributed by atoms with Crippen LogP contribution in [0.2, 0.25) is 0 Å². The van der Waals surface area contributed by atoms with Crippen LogP contribution in [0.25, 0.3) is 11.8 Å². The number of nitrogens with zero attached hydrogens (tertiary/aromatic N) is 2. The smallest absolute Gasteiger partial charge is 0.283 e. The normalized spacial score (nSPS) is 16.1. The Hall–Kier alpha value is -4.10. The fourth-order valence-corrected chi connectivity index (χ4v) is 4.94. The fourth-order valence-electron chi connectivity index (χ4n) is 4.05. The Morgan fingerprint density at radius 3 is 2.61 bits per heavy atom. The van der Waals surface area contributed by atoms with Crippen molar-refractivity contribution in [2.75, 3.05) is 6.61 Å². The third-order valence-electron chi connectivity index (χ3n) is 5.74. The lowest BCUT2D eigenvalue weighted by atomic mass is 10.1. The Morgan fingerprint density at radius 2 is 1.83 bits per heavy atom. The third-order valence-corrected chi connectivity index (χ3v) is 6.57. The second-order valence-corrected chi connectivity index (χ2v) is 9.18. The molecule has 2 aliphatic heterocycles. The Morgan fingerprint density at radius 1 is 1.00 bits per heavy atom. The molecular formula is C29H25N3O3S. The molecule has 0 atom stereocenters. The molecule has 2 aliphatic rings.